The van der Waals surface area contributed by atoms with E-state index in [9.17, 15) is 13.2 Å². The molecule has 94 valence electrons. The molecule has 0 radical (unpaired) electrons. The minimum atomic E-state index is -3.61. The quantitative estimate of drug-likeness (QED) is 0.876. The summed E-state index contributed by atoms with van der Waals surface area (Å²) in [5, 5.41) is 1.69. The van der Waals surface area contributed by atoms with Crippen LogP contribution in [0.3, 0.4) is 0 Å². The largest absolute Gasteiger partial charge is 0.294 e. The second-order valence-electron chi connectivity index (χ2n) is 3.64. The van der Waals surface area contributed by atoms with Crippen molar-refractivity contribution >= 4 is 32.8 Å². The molecule has 6 heteroatoms. The topological polar surface area (TPSA) is 63.2 Å². The highest BCUT2D eigenvalue weighted by Crippen LogP contribution is 2.22. The van der Waals surface area contributed by atoms with Gasteiger partial charge in [-0.2, -0.15) is 0 Å². The molecule has 0 aliphatic rings. The van der Waals surface area contributed by atoms with Gasteiger partial charge in [0.15, 0.2) is 5.78 Å². The maximum atomic E-state index is 12.0. The number of Topliss-reactive ketones (excluding diaryl/α,β-unsaturated/α-hetero) is 1. The number of ketones is 1. The summed E-state index contributed by atoms with van der Waals surface area (Å²) in [6, 6.07) is 9.72. The number of carbonyl (C=O) groups excluding carboxylic acids is 1. The molecule has 0 saturated carbocycles. The predicted octanol–water partition coefficient (Wildman–Crippen LogP) is 2.75. The van der Waals surface area contributed by atoms with Crippen molar-refractivity contribution in [2.24, 2.45) is 0 Å². The van der Waals surface area contributed by atoms with E-state index in [0.29, 0.717) is 11.3 Å². The number of rotatable bonds is 4. The van der Waals surface area contributed by atoms with Crippen LogP contribution < -0.4 is 4.72 Å². The molecule has 0 atom stereocenters. The Bertz CT molecular complexity index is 660. The standard InChI is InChI=1S/C12H11NO3S2/c1-9(14)10-5-2-3-6-11(10)13-18(15,16)12-7-4-8-17-12/h2-8,13H,1H3. The molecule has 0 spiro atoms. The monoisotopic (exact) mass is 281 g/mol. The number of anilines is 1. The molecule has 1 aromatic heterocycles. The lowest BCUT2D eigenvalue weighted by atomic mass is 10.1. The highest BCUT2D eigenvalue weighted by atomic mass is 32.2. The smallest absolute Gasteiger partial charge is 0.271 e. The number of benzene rings is 1. The zero-order chi connectivity index (χ0) is 13.2. The third kappa shape index (κ3) is 2.60. The Kier molecular flexibility index (Phi) is 3.49. The molecule has 0 aliphatic carbocycles. The van der Waals surface area contributed by atoms with E-state index < -0.39 is 10.0 Å². The van der Waals surface area contributed by atoms with Gasteiger partial charge in [0.05, 0.1) is 5.69 Å². The molecular formula is C12H11NO3S2. The number of sulfonamides is 1. The van der Waals surface area contributed by atoms with Crippen LogP contribution in [0.15, 0.2) is 46.0 Å². The van der Waals surface area contributed by atoms with Gasteiger partial charge < -0.3 is 0 Å². The van der Waals surface area contributed by atoms with E-state index in [1.165, 1.54) is 13.0 Å². The Hall–Kier alpha value is -1.66. The van der Waals surface area contributed by atoms with E-state index in [-0.39, 0.29) is 9.99 Å². The normalized spacial score (nSPS) is 11.2. The van der Waals surface area contributed by atoms with Gasteiger partial charge in [-0.1, -0.05) is 18.2 Å². The van der Waals surface area contributed by atoms with Gasteiger partial charge in [-0.3, -0.25) is 9.52 Å². The Balaban J connectivity index is 2.39. The van der Waals surface area contributed by atoms with Crippen molar-refractivity contribution < 1.29 is 13.2 Å². The lowest BCUT2D eigenvalue weighted by Gasteiger charge is -2.09. The summed E-state index contributed by atoms with van der Waals surface area (Å²) in [5.74, 6) is -0.181. The number of hydrogen-bond donors (Lipinski definition) is 1. The molecule has 1 N–H and O–H groups in total. The van der Waals surface area contributed by atoms with Crippen LogP contribution >= 0.6 is 11.3 Å². The number of para-hydroxylation sites is 1. The van der Waals surface area contributed by atoms with Gasteiger partial charge in [0.2, 0.25) is 0 Å². The van der Waals surface area contributed by atoms with Gasteiger partial charge in [-0.15, -0.1) is 11.3 Å². The lowest BCUT2D eigenvalue weighted by molar-refractivity contribution is 0.101. The number of thiophene rings is 1. The Morgan fingerprint density at radius 1 is 1.17 bits per heavy atom. The fourth-order valence-electron chi connectivity index (χ4n) is 1.49. The molecule has 0 aliphatic heterocycles. The molecule has 0 unspecified atom stereocenters. The van der Waals surface area contributed by atoms with E-state index in [4.69, 9.17) is 0 Å². The lowest BCUT2D eigenvalue weighted by Crippen LogP contribution is -2.13. The van der Waals surface area contributed by atoms with Crippen molar-refractivity contribution in [3.8, 4) is 0 Å². The summed E-state index contributed by atoms with van der Waals surface area (Å²) in [7, 11) is -3.61. The second-order valence-corrected chi connectivity index (χ2v) is 6.50. The van der Waals surface area contributed by atoms with Crippen LogP contribution in [0.1, 0.15) is 17.3 Å². The Morgan fingerprint density at radius 2 is 1.89 bits per heavy atom. The third-order valence-corrected chi connectivity index (χ3v) is 5.07. The van der Waals surface area contributed by atoms with Gasteiger partial charge in [-0.25, -0.2) is 8.42 Å². The Morgan fingerprint density at radius 3 is 2.50 bits per heavy atom. The molecule has 1 aromatic carbocycles. The van der Waals surface area contributed by atoms with Gasteiger partial charge >= 0.3 is 0 Å². The van der Waals surface area contributed by atoms with E-state index in [1.54, 1.807) is 35.7 Å². The summed E-state index contributed by atoms with van der Waals surface area (Å²) >= 11 is 1.13. The van der Waals surface area contributed by atoms with Gasteiger partial charge in [-0.05, 0) is 30.5 Å². The summed E-state index contributed by atoms with van der Waals surface area (Å²) in [6.45, 7) is 1.40. The van der Waals surface area contributed by atoms with Crippen LogP contribution in [0.2, 0.25) is 0 Å². The highest BCUT2D eigenvalue weighted by molar-refractivity contribution is 7.94. The fraction of sp³-hybridized carbons (Fsp3) is 0.0833. The molecule has 2 rings (SSSR count). The van der Waals surface area contributed by atoms with Crippen molar-refractivity contribution in [3.05, 3.63) is 47.3 Å². The van der Waals surface area contributed by atoms with Crippen LogP contribution in [-0.2, 0) is 10.0 Å². The zero-order valence-electron chi connectivity index (χ0n) is 9.58. The maximum Gasteiger partial charge on any atom is 0.271 e. The summed E-state index contributed by atoms with van der Waals surface area (Å²) in [4.78, 5) is 11.4. The SMILES string of the molecule is CC(=O)c1ccccc1NS(=O)(=O)c1cccs1. The van der Waals surface area contributed by atoms with Crippen molar-refractivity contribution in [2.45, 2.75) is 11.1 Å². The average molecular weight is 281 g/mol. The number of carbonyl (C=O) groups is 1. The predicted molar refractivity (Wildman–Crippen MR) is 71.6 cm³/mol. The van der Waals surface area contributed by atoms with Crippen molar-refractivity contribution in [3.63, 3.8) is 0 Å². The molecule has 1 heterocycles. The van der Waals surface area contributed by atoms with E-state index in [1.807, 2.05) is 0 Å². The van der Waals surface area contributed by atoms with Crippen LogP contribution in [0, 0.1) is 0 Å². The number of hydrogen-bond acceptors (Lipinski definition) is 4. The molecule has 0 saturated heterocycles. The first-order valence-electron chi connectivity index (χ1n) is 5.17. The highest BCUT2D eigenvalue weighted by Gasteiger charge is 2.17. The molecule has 0 amide bonds. The zero-order valence-corrected chi connectivity index (χ0v) is 11.2. The first-order chi connectivity index (χ1) is 8.50. The Labute approximate surface area is 109 Å². The third-order valence-electron chi connectivity index (χ3n) is 2.31. The first-order valence-corrected chi connectivity index (χ1v) is 7.53. The van der Waals surface area contributed by atoms with Gasteiger partial charge in [0, 0.05) is 5.56 Å². The van der Waals surface area contributed by atoms with Crippen LogP contribution in [0.5, 0.6) is 0 Å². The van der Waals surface area contributed by atoms with E-state index in [0.717, 1.165) is 11.3 Å². The average Bonchev–Trinajstić information content (AvgIpc) is 2.83. The van der Waals surface area contributed by atoms with E-state index >= 15 is 0 Å². The maximum absolute atomic E-state index is 12.0. The van der Waals surface area contributed by atoms with Crippen LogP contribution in [0.25, 0.3) is 0 Å². The van der Waals surface area contributed by atoms with Gasteiger partial charge in [0.25, 0.3) is 10.0 Å². The molecule has 2 aromatic rings. The molecule has 4 nitrogen and oxygen atoms in total. The first kappa shape index (κ1) is 12.8. The van der Waals surface area contributed by atoms with Crippen molar-refractivity contribution in [1.29, 1.82) is 0 Å². The molecule has 0 bridgehead atoms. The van der Waals surface area contributed by atoms with Gasteiger partial charge in [0.1, 0.15) is 4.21 Å². The molecule has 0 fully saturated rings. The van der Waals surface area contributed by atoms with Crippen molar-refractivity contribution in [1.82, 2.24) is 0 Å². The van der Waals surface area contributed by atoms with Crippen LogP contribution in [0.4, 0.5) is 5.69 Å². The summed E-state index contributed by atoms with van der Waals surface area (Å²) < 4.78 is 26.7. The molecular weight excluding hydrogens is 270 g/mol. The minimum absolute atomic E-state index is 0.181. The summed E-state index contributed by atoms with van der Waals surface area (Å²) in [6.07, 6.45) is 0. The second kappa shape index (κ2) is 4.91. The fourth-order valence-corrected chi connectivity index (χ4v) is 3.56. The van der Waals surface area contributed by atoms with Crippen LogP contribution in [-0.4, -0.2) is 14.2 Å². The van der Waals surface area contributed by atoms with E-state index in [2.05, 4.69) is 4.72 Å². The van der Waals surface area contributed by atoms with Crippen molar-refractivity contribution in [2.75, 3.05) is 4.72 Å². The minimum Gasteiger partial charge on any atom is -0.294 e. The summed E-state index contributed by atoms with van der Waals surface area (Å²) in [5.41, 5.74) is 0.663. The number of nitrogens with one attached hydrogen (secondary N) is 1. The molecule has 18 heavy (non-hydrogen) atoms.